The van der Waals surface area contributed by atoms with Crippen molar-refractivity contribution in [1.29, 1.82) is 0 Å². The van der Waals surface area contributed by atoms with Crippen molar-refractivity contribution < 1.29 is 0 Å². The number of benzene rings is 1. The van der Waals surface area contributed by atoms with Crippen LogP contribution in [0.2, 0.25) is 0 Å². The molecule has 16 heavy (non-hydrogen) atoms. The van der Waals surface area contributed by atoms with Gasteiger partial charge in [0.1, 0.15) is 5.82 Å². The maximum Gasteiger partial charge on any atom is 0.126 e. The summed E-state index contributed by atoms with van der Waals surface area (Å²) in [6.07, 6.45) is 5.24. The smallest absolute Gasteiger partial charge is 0.126 e. The van der Waals surface area contributed by atoms with Crippen molar-refractivity contribution in [3.8, 4) is 0 Å². The minimum Gasteiger partial charge on any atom is -0.370 e. The van der Waals surface area contributed by atoms with Crippen LogP contribution in [0.3, 0.4) is 0 Å². The summed E-state index contributed by atoms with van der Waals surface area (Å²) in [5.74, 6) is 0.947. The van der Waals surface area contributed by atoms with Gasteiger partial charge in [0.25, 0.3) is 0 Å². The van der Waals surface area contributed by atoms with E-state index in [1.807, 2.05) is 31.2 Å². The van der Waals surface area contributed by atoms with Crippen LogP contribution in [-0.2, 0) is 0 Å². The second-order valence-corrected chi connectivity index (χ2v) is 3.67. The Labute approximate surface area is 96.0 Å². The fraction of sp³-hybridized carbons (Fsp3) is 0.214. The molecule has 0 fully saturated rings. The molecule has 0 saturated heterocycles. The maximum absolute atomic E-state index is 4.54. The number of allylic oxidation sites excluding steroid dienone is 1. The Kier molecular flexibility index (Phi) is 3.54. The molecule has 0 unspecified atom stereocenters. The van der Waals surface area contributed by atoms with Gasteiger partial charge in [-0.25, -0.2) is 4.98 Å². The molecule has 82 valence electrons. The molecule has 0 spiro atoms. The first kappa shape index (κ1) is 10.7. The third kappa shape index (κ3) is 2.60. The van der Waals surface area contributed by atoms with Gasteiger partial charge in [-0.05, 0) is 31.5 Å². The molecule has 0 atom stereocenters. The Bertz CT molecular complexity index is 489. The first-order chi connectivity index (χ1) is 7.90. The largest absolute Gasteiger partial charge is 0.370 e. The van der Waals surface area contributed by atoms with Crippen LogP contribution in [0.25, 0.3) is 10.9 Å². The highest BCUT2D eigenvalue weighted by atomic mass is 15.0. The molecule has 2 nitrogen and oxygen atoms in total. The molecule has 1 aromatic heterocycles. The highest BCUT2D eigenvalue weighted by Gasteiger charge is 1.95. The molecule has 2 heteroatoms. The van der Waals surface area contributed by atoms with E-state index in [2.05, 4.69) is 34.6 Å². The van der Waals surface area contributed by atoms with E-state index in [-0.39, 0.29) is 0 Å². The molecule has 0 aliphatic rings. The number of anilines is 1. The number of nitrogens with one attached hydrogen (secondary N) is 1. The summed E-state index contributed by atoms with van der Waals surface area (Å²) in [4.78, 5) is 4.54. The van der Waals surface area contributed by atoms with Crippen molar-refractivity contribution in [2.75, 3.05) is 11.9 Å². The number of rotatable bonds is 4. The zero-order valence-electron chi connectivity index (χ0n) is 9.48. The summed E-state index contributed by atoms with van der Waals surface area (Å²) in [6.45, 7) is 2.96. The maximum atomic E-state index is 4.54. The quantitative estimate of drug-likeness (QED) is 0.618. The first-order valence-electron chi connectivity index (χ1n) is 5.61. The van der Waals surface area contributed by atoms with Crippen LogP contribution >= 0.6 is 0 Å². The molecule has 1 N–H and O–H groups in total. The van der Waals surface area contributed by atoms with Gasteiger partial charge in [0.2, 0.25) is 0 Å². The highest BCUT2D eigenvalue weighted by Crippen LogP contribution is 2.14. The zero-order valence-corrected chi connectivity index (χ0v) is 9.48. The number of pyridine rings is 1. The molecule has 1 heterocycles. The molecule has 0 saturated carbocycles. The van der Waals surface area contributed by atoms with E-state index in [0.717, 1.165) is 24.3 Å². The Balaban J connectivity index is 2.07. The van der Waals surface area contributed by atoms with Crippen molar-refractivity contribution in [3.05, 3.63) is 48.6 Å². The van der Waals surface area contributed by atoms with Gasteiger partial charge in [0, 0.05) is 11.9 Å². The Morgan fingerprint density at radius 3 is 2.94 bits per heavy atom. The number of nitrogens with zero attached hydrogens (tertiary/aromatic N) is 1. The third-order valence-electron chi connectivity index (χ3n) is 2.45. The SMILES string of the molecule is C/C=C/CCNc1ccc2ccccc2n1. The molecule has 0 radical (unpaired) electrons. The zero-order chi connectivity index (χ0) is 11.2. The van der Waals surface area contributed by atoms with E-state index in [9.17, 15) is 0 Å². The standard InChI is InChI=1S/C14H16N2/c1-2-3-6-11-15-14-10-9-12-7-4-5-8-13(12)16-14/h2-5,7-10H,6,11H2,1H3,(H,15,16)/b3-2+. The number of fused-ring (bicyclic) bond motifs is 1. The molecule has 1 aromatic carbocycles. The average molecular weight is 212 g/mol. The molecule has 2 rings (SSSR count). The van der Waals surface area contributed by atoms with Crippen LogP contribution < -0.4 is 5.32 Å². The Morgan fingerprint density at radius 1 is 1.19 bits per heavy atom. The Hall–Kier alpha value is -1.83. The van der Waals surface area contributed by atoms with E-state index < -0.39 is 0 Å². The van der Waals surface area contributed by atoms with Crippen molar-refractivity contribution in [3.63, 3.8) is 0 Å². The van der Waals surface area contributed by atoms with Gasteiger partial charge in [-0.3, -0.25) is 0 Å². The summed E-state index contributed by atoms with van der Waals surface area (Å²) in [5.41, 5.74) is 1.04. The van der Waals surface area contributed by atoms with E-state index >= 15 is 0 Å². The van der Waals surface area contributed by atoms with Gasteiger partial charge >= 0.3 is 0 Å². The normalized spacial score (nSPS) is 11.1. The second-order valence-electron chi connectivity index (χ2n) is 3.67. The summed E-state index contributed by atoms with van der Waals surface area (Å²) in [6, 6.07) is 12.3. The van der Waals surface area contributed by atoms with E-state index in [1.54, 1.807) is 0 Å². The number of para-hydroxylation sites is 1. The number of hydrogen-bond donors (Lipinski definition) is 1. The van der Waals surface area contributed by atoms with Gasteiger partial charge < -0.3 is 5.32 Å². The lowest BCUT2D eigenvalue weighted by molar-refractivity contribution is 1.05. The molecule has 0 aliphatic heterocycles. The van der Waals surface area contributed by atoms with E-state index in [1.165, 1.54) is 5.39 Å². The molecule has 0 amide bonds. The van der Waals surface area contributed by atoms with Crippen LogP contribution in [0.4, 0.5) is 5.82 Å². The lowest BCUT2D eigenvalue weighted by Crippen LogP contribution is -2.01. The lowest BCUT2D eigenvalue weighted by atomic mass is 10.2. The van der Waals surface area contributed by atoms with Crippen molar-refractivity contribution in [2.45, 2.75) is 13.3 Å². The Morgan fingerprint density at radius 2 is 2.06 bits per heavy atom. The minimum atomic E-state index is 0.926. The monoisotopic (exact) mass is 212 g/mol. The van der Waals surface area contributed by atoms with Gasteiger partial charge in [-0.2, -0.15) is 0 Å². The fourth-order valence-corrected chi connectivity index (χ4v) is 1.61. The van der Waals surface area contributed by atoms with Crippen molar-refractivity contribution >= 4 is 16.7 Å². The van der Waals surface area contributed by atoms with Gasteiger partial charge in [0.15, 0.2) is 0 Å². The average Bonchev–Trinajstić information content (AvgIpc) is 2.34. The minimum absolute atomic E-state index is 0.926. The van der Waals surface area contributed by atoms with Crippen LogP contribution in [0, 0.1) is 0 Å². The van der Waals surface area contributed by atoms with E-state index in [4.69, 9.17) is 0 Å². The van der Waals surface area contributed by atoms with Crippen molar-refractivity contribution in [1.82, 2.24) is 4.98 Å². The molecule has 2 aromatic rings. The molecule has 0 bridgehead atoms. The predicted octanol–water partition coefficient (Wildman–Crippen LogP) is 3.61. The lowest BCUT2D eigenvalue weighted by Gasteiger charge is -2.04. The summed E-state index contributed by atoms with van der Waals surface area (Å²) < 4.78 is 0. The van der Waals surface area contributed by atoms with Crippen LogP contribution in [0.15, 0.2) is 48.6 Å². The predicted molar refractivity (Wildman–Crippen MR) is 69.7 cm³/mol. The van der Waals surface area contributed by atoms with Gasteiger partial charge in [-0.15, -0.1) is 0 Å². The van der Waals surface area contributed by atoms with Gasteiger partial charge in [-0.1, -0.05) is 30.4 Å². The topological polar surface area (TPSA) is 24.9 Å². The third-order valence-corrected chi connectivity index (χ3v) is 2.45. The summed E-state index contributed by atoms with van der Waals surface area (Å²) in [5, 5.41) is 4.49. The van der Waals surface area contributed by atoms with Gasteiger partial charge in [0.05, 0.1) is 5.52 Å². The number of hydrogen-bond acceptors (Lipinski definition) is 2. The first-order valence-corrected chi connectivity index (χ1v) is 5.61. The second kappa shape index (κ2) is 5.31. The molecule has 0 aliphatic carbocycles. The van der Waals surface area contributed by atoms with Crippen molar-refractivity contribution in [2.24, 2.45) is 0 Å². The number of aromatic nitrogens is 1. The highest BCUT2D eigenvalue weighted by molar-refractivity contribution is 5.79. The van der Waals surface area contributed by atoms with Crippen LogP contribution in [0.5, 0.6) is 0 Å². The van der Waals surface area contributed by atoms with Crippen LogP contribution in [-0.4, -0.2) is 11.5 Å². The summed E-state index contributed by atoms with van der Waals surface area (Å²) in [7, 11) is 0. The fourth-order valence-electron chi connectivity index (χ4n) is 1.61. The molecular weight excluding hydrogens is 196 g/mol. The van der Waals surface area contributed by atoms with E-state index in [0.29, 0.717) is 0 Å². The molecular formula is C14H16N2. The van der Waals surface area contributed by atoms with Crippen LogP contribution in [0.1, 0.15) is 13.3 Å². The summed E-state index contributed by atoms with van der Waals surface area (Å²) >= 11 is 0.